The molecule has 1 aliphatic heterocycles. The first-order chi connectivity index (χ1) is 11.7. The molecule has 1 atom stereocenters. The zero-order valence-corrected chi connectivity index (χ0v) is 14.7. The summed E-state index contributed by atoms with van der Waals surface area (Å²) < 4.78 is 0. The highest BCUT2D eigenvalue weighted by molar-refractivity contribution is 5.76. The summed E-state index contributed by atoms with van der Waals surface area (Å²) in [7, 11) is 0. The lowest BCUT2D eigenvalue weighted by Gasteiger charge is -2.34. The van der Waals surface area contributed by atoms with Crippen LogP contribution in [0, 0.1) is 11.8 Å². The zero-order valence-electron chi connectivity index (χ0n) is 14.7. The van der Waals surface area contributed by atoms with Crippen LogP contribution in [0.2, 0.25) is 0 Å². The fourth-order valence-corrected chi connectivity index (χ4v) is 4.39. The number of hydrogen-bond acceptors (Lipinski definition) is 2. The quantitative estimate of drug-likeness (QED) is 0.844. The number of amides is 1. The number of hydrogen-bond donors (Lipinski definition) is 1. The molecule has 3 rings (SSSR count). The van der Waals surface area contributed by atoms with Crippen LogP contribution in [-0.2, 0) is 4.79 Å². The van der Waals surface area contributed by atoms with E-state index in [0.29, 0.717) is 12.3 Å². The topological polar surface area (TPSA) is 40.5 Å². The largest absolute Gasteiger partial charge is 0.388 e. The van der Waals surface area contributed by atoms with Crippen LogP contribution in [0.25, 0.3) is 0 Å². The van der Waals surface area contributed by atoms with E-state index in [9.17, 15) is 9.90 Å². The molecule has 1 saturated carbocycles. The second-order valence-corrected chi connectivity index (χ2v) is 7.62. The maximum atomic E-state index is 12.4. The second-order valence-electron chi connectivity index (χ2n) is 7.62. The molecule has 1 amide bonds. The van der Waals surface area contributed by atoms with Gasteiger partial charge < -0.3 is 10.0 Å². The minimum atomic E-state index is -0.397. The molecule has 3 heteroatoms. The summed E-state index contributed by atoms with van der Waals surface area (Å²) in [5.41, 5.74) is 0.999. The average Bonchev–Trinajstić information content (AvgIpc) is 3.15. The van der Waals surface area contributed by atoms with Crippen molar-refractivity contribution in [1.29, 1.82) is 0 Å². The highest BCUT2D eigenvalue weighted by Gasteiger charge is 2.28. The molecule has 132 valence electrons. The van der Waals surface area contributed by atoms with Crippen molar-refractivity contribution in [2.45, 2.75) is 63.9 Å². The molecular weight excluding hydrogens is 298 g/mol. The predicted molar refractivity (Wildman–Crippen MR) is 96.5 cm³/mol. The summed E-state index contributed by atoms with van der Waals surface area (Å²) in [6, 6.07) is 9.91. The summed E-state index contributed by atoms with van der Waals surface area (Å²) in [5.74, 6) is 1.47. The Labute approximate surface area is 146 Å². The van der Waals surface area contributed by atoms with Crippen LogP contribution in [0.5, 0.6) is 0 Å². The standard InChI is InChI=1S/C21H31NO2/c23-20(12-6-9-17-7-4-5-8-17)22-15-13-19(14-16-22)21(24)18-10-2-1-3-11-18/h1-3,10-11,17,19,21,24H,4-9,12-16H2. The highest BCUT2D eigenvalue weighted by atomic mass is 16.3. The number of carbonyl (C=O) groups is 1. The minimum Gasteiger partial charge on any atom is -0.388 e. The van der Waals surface area contributed by atoms with E-state index in [4.69, 9.17) is 0 Å². The Kier molecular flexibility index (Phi) is 6.30. The number of piperidine rings is 1. The van der Waals surface area contributed by atoms with Crippen molar-refractivity contribution in [3.63, 3.8) is 0 Å². The van der Waals surface area contributed by atoms with Crippen LogP contribution in [0.1, 0.15) is 69.5 Å². The molecule has 1 aromatic carbocycles. The number of aliphatic hydroxyl groups is 1. The number of likely N-dealkylation sites (tertiary alicyclic amines) is 1. The van der Waals surface area contributed by atoms with Gasteiger partial charge in [-0.1, -0.05) is 56.0 Å². The van der Waals surface area contributed by atoms with Crippen molar-refractivity contribution in [1.82, 2.24) is 4.90 Å². The van der Waals surface area contributed by atoms with Crippen LogP contribution >= 0.6 is 0 Å². The number of aliphatic hydroxyl groups excluding tert-OH is 1. The molecule has 24 heavy (non-hydrogen) atoms. The van der Waals surface area contributed by atoms with Gasteiger partial charge in [0.25, 0.3) is 0 Å². The smallest absolute Gasteiger partial charge is 0.222 e. The molecule has 0 aromatic heterocycles. The van der Waals surface area contributed by atoms with E-state index in [0.717, 1.165) is 43.8 Å². The van der Waals surface area contributed by atoms with Crippen molar-refractivity contribution in [3.05, 3.63) is 35.9 Å². The van der Waals surface area contributed by atoms with Gasteiger partial charge in [0.05, 0.1) is 6.10 Å². The van der Waals surface area contributed by atoms with Crippen molar-refractivity contribution in [2.75, 3.05) is 13.1 Å². The van der Waals surface area contributed by atoms with E-state index < -0.39 is 6.10 Å². The molecule has 1 N–H and O–H groups in total. The molecule has 1 heterocycles. The molecule has 3 nitrogen and oxygen atoms in total. The molecule has 1 unspecified atom stereocenters. The van der Waals surface area contributed by atoms with Crippen molar-refractivity contribution >= 4 is 5.91 Å². The maximum absolute atomic E-state index is 12.4. The Morgan fingerprint density at radius 3 is 2.42 bits per heavy atom. The number of nitrogens with zero attached hydrogens (tertiary/aromatic N) is 1. The molecule has 0 radical (unpaired) electrons. The summed E-state index contributed by atoms with van der Waals surface area (Å²) in [5, 5.41) is 10.5. The van der Waals surface area contributed by atoms with Gasteiger partial charge in [0.2, 0.25) is 5.91 Å². The van der Waals surface area contributed by atoms with Crippen LogP contribution in [0.15, 0.2) is 30.3 Å². The van der Waals surface area contributed by atoms with Crippen molar-refractivity contribution in [2.24, 2.45) is 11.8 Å². The van der Waals surface area contributed by atoms with Gasteiger partial charge in [0, 0.05) is 19.5 Å². The average molecular weight is 329 g/mol. The lowest BCUT2D eigenvalue weighted by Crippen LogP contribution is -2.39. The molecule has 1 saturated heterocycles. The third-order valence-corrected chi connectivity index (χ3v) is 5.96. The number of rotatable bonds is 6. The van der Waals surface area contributed by atoms with E-state index in [1.165, 1.54) is 32.1 Å². The predicted octanol–water partition coefficient (Wildman–Crippen LogP) is 4.32. The lowest BCUT2D eigenvalue weighted by atomic mass is 9.87. The van der Waals surface area contributed by atoms with Gasteiger partial charge in [-0.15, -0.1) is 0 Å². The third kappa shape index (κ3) is 4.60. The minimum absolute atomic E-state index is 0.273. The highest BCUT2D eigenvalue weighted by Crippen LogP contribution is 2.31. The molecule has 0 spiro atoms. The van der Waals surface area contributed by atoms with E-state index in [-0.39, 0.29) is 5.92 Å². The van der Waals surface area contributed by atoms with Gasteiger partial charge in [-0.3, -0.25) is 4.79 Å². The summed E-state index contributed by atoms with van der Waals surface area (Å²) >= 11 is 0. The first-order valence-corrected chi connectivity index (χ1v) is 9.75. The molecular formula is C21H31NO2. The Morgan fingerprint density at radius 2 is 1.75 bits per heavy atom. The Balaban J connectivity index is 1.38. The number of benzene rings is 1. The van der Waals surface area contributed by atoms with E-state index >= 15 is 0 Å². The Bertz CT molecular complexity index is 502. The second kappa shape index (κ2) is 8.66. The molecule has 0 bridgehead atoms. The third-order valence-electron chi connectivity index (χ3n) is 5.96. The Hall–Kier alpha value is -1.35. The van der Waals surface area contributed by atoms with Crippen LogP contribution in [-0.4, -0.2) is 29.0 Å². The van der Waals surface area contributed by atoms with Crippen molar-refractivity contribution in [3.8, 4) is 0 Å². The monoisotopic (exact) mass is 329 g/mol. The summed E-state index contributed by atoms with van der Waals surface area (Å²) in [4.78, 5) is 14.4. The van der Waals surface area contributed by atoms with E-state index in [1.54, 1.807) is 0 Å². The summed E-state index contributed by atoms with van der Waals surface area (Å²) in [6.07, 6.45) is 9.92. The van der Waals surface area contributed by atoms with Gasteiger partial charge in [-0.25, -0.2) is 0 Å². The fourth-order valence-electron chi connectivity index (χ4n) is 4.39. The van der Waals surface area contributed by atoms with Gasteiger partial charge >= 0.3 is 0 Å². The zero-order chi connectivity index (χ0) is 16.8. The SMILES string of the molecule is O=C(CCCC1CCCC1)N1CCC(C(O)c2ccccc2)CC1. The Morgan fingerprint density at radius 1 is 1.08 bits per heavy atom. The van der Waals surface area contributed by atoms with Gasteiger partial charge in [0.15, 0.2) is 0 Å². The molecule has 2 fully saturated rings. The van der Waals surface area contributed by atoms with Gasteiger partial charge in [-0.05, 0) is 43.1 Å². The molecule has 1 aliphatic carbocycles. The van der Waals surface area contributed by atoms with Crippen LogP contribution in [0.4, 0.5) is 0 Å². The first kappa shape index (κ1) is 17.5. The van der Waals surface area contributed by atoms with Gasteiger partial charge in [0.1, 0.15) is 0 Å². The summed E-state index contributed by atoms with van der Waals surface area (Å²) in [6.45, 7) is 1.60. The molecule has 1 aromatic rings. The number of carbonyl (C=O) groups excluding carboxylic acids is 1. The van der Waals surface area contributed by atoms with Crippen LogP contribution in [0.3, 0.4) is 0 Å². The normalized spacial score (nSPS) is 21.1. The van der Waals surface area contributed by atoms with E-state index in [2.05, 4.69) is 0 Å². The van der Waals surface area contributed by atoms with E-state index in [1.807, 2.05) is 35.2 Å². The van der Waals surface area contributed by atoms with Gasteiger partial charge in [-0.2, -0.15) is 0 Å². The maximum Gasteiger partial charge on any atom is 0.222 e. The first-order valence-electron chi connectivity index (χ1n) is 9.75. The van der Waals surface area contributed by atoms with Crippen molar-refractivity contribution < 1.29 is 9.90 Å². The molecule has 2 aliphatic rings. The fraction of sp³-hybridized carbons (Fsp3) is 0.667. The lowest BCUT2D eigenvalue weighted by molar-refractivity contribution is -0.133. The van der Waals surface area contributed by atoms with Crippen LogP contribution < -0.4 is 0 Å².